The Bertz CT molecular complexity index is 1190. The molecule has 2 aliphatic heterocycles. The zero-order valence-corrected chi connectivity index (χ0v) is 25.0. The molecule has 2 heterocycles. The Morgan fingerprint density at radius 3 is 2.00 bits per heavy atom. The van der Waals surface area contributed by atoms with E-state index in [4.69, 9.17) is 9.47 Å². The molecule has 1 fully saturated rings. The van der Waals surface area contributed by atoms with Crippen molar-refractivity contribution in [3.05, 3.63) is 57.6 Å². The molecule has 0 saturated heterocycles. The first-order valence-corrected chi connectivity index (χ1v) is 14.6. The molecule has 2 N–H and O–H groups in total. The molecule has 1 saturated carbocycles. The summed E-state index contributed by atoms with van der Waals surface area (Å²) < 4.78 is 12.9. The Morgan fingerprint density at radius 1 is 0.842 bits per heavy atom. The van der Waals surface area contributed by atoms with Crippen molar-refractivity contribution in [2.45, 2.75) is 134 Å². The fourth-order valence-corrected chi connectivity index (χ4v) is 6.59. The topological polar surface area (TPSA) is 58.9 Å². The molecule has 3 aliphatic rings. The van der Waals surface area contributed by atoms with Crippen LogP contribution in [-0.2, 0) is 22.0 Å². The molecule has 2 aromatic carbocycles. The third-order valence-electron chi connectivity index (χ3n) is 9.42. The first kappa shape index (κ1) is 27.5. The molecule has 4 heteroatoms. The van der Waals surface area contributed by atoms with Crippen LogP contribution in [0.25, 0.3) is 0 Å². The van der Waals surface area contributed by atoms with Crippen molar-refractivity contribution in [2.24, 2.45) is 0 Å². The Hall–Kier alpha value is -2.04. The molecule has 0 amide bonds. The smallest absolute Gasteiger partial charge is 0.129 e. The SMILES string of the molecule is CC(C)c1cc(C(C)(C)O)c2c(c1)C1(CC1)CC(CC(C)c1cc(C(C)(C)O)c3c(c1)C(C)(C)CCO3)O2. The lowest BCUT2D eigenvalue weighted by molar-refractivity contribution is 0.0661. The first-order chi connectivity index (χ1) is 17.5. The fraction of sp³-hybridized carbons (Fsp3) is 0.647. The van der Waals surface area contributed by atoms with Gasteiger partial charge in [-0.2, -0.15) is 0 Å². The number of rotatable bonds is 6. The summed E-state index contributed by atoms with van der Waals surface area (Å²) in [4.78, 5) is 0. The van der Waals surface area contributed by atoms with E-state index in [1.165, 1.54) is 35.1 Å². The second kappa shape index (κ2) is 8.99. The molecule has 38 heavy (non-hydrogen) atoms. The molecule has 1 aliphatic carbocycles. The number of hydrogen-bond donors (Lipinski definition) is 2. The van der Waals surface area contributed by atoms with Gasteiger partial charge in [-0.1, -0.05) is 46.8 Å². The molecule has 1 spiro atoms. The van der Waals surface area contributed by atoms with E-state index in [0.717, 1.165) is 41.9 Å². The number of aliphatic hydroxyl groups is 2. The normalized spacial score (nSPS) is 22.4. The highest BCUT2D eigenvalue weighted by Crippen LogP contribution is 2.60. The van der Waals surface area contributed by atoms with Gasteiger partial charge in [0.05, 0.1) is 17.8 Å². The van der Waals surface area contributed by atoms with Gasteiger partial charge in [-0.15, -0.1) is 0 Å². The van der Waals surface area contributed by atoms with Gasteiger partial charge in [0.25, 0.3) is 0 Å². The fourth-order valence-electron chi connectivity index (χ4n) is 6.59. The zero-order chi connectivity index (χ0) is 27.8. The highest BCUT2D eigenvalue weighted by Gasteiger charge is 2.52. The zero-order valence-electron chi connectivity index (χ0n) is 25.0. The van der Waals surface area contributed by atoms with Crippen LogP contribution in [-0.4, -0.2) is 22.9 Å². The first-order valence-electron chi connectivity index (χ1n) is 14.6. The van der Waals surface area contributed by atoms with E-state index in [1.807, 2.05) is 27.7 Å². The van der Waals surface area contributed by atoms with Gasteiger partial charge in [-0.05, 0) is 100 Å². The van der Waals surface area contributed by atoms with Gasteiger partial charge in [-0.25, -0.2) is 0 Å². The van der Waals surface area contributed by atoms with Gasteiger partial charge < -0.3 is 19.7 Å². The van der Waals surface area contributed by atoms with E-state index < -0.39 is 11.2 Å². The van der Waals surface area contributed by atoms with E-state index in [2.05, 4.69) is 58.9 Å². The van der Waals surface area contributed by atoms with Gasteiger partial charge in [-0.3, -0.25) is 0 Å². The van der Waals surface area contributed by atoms with Crippen LogP contribution in [0.1, 0.15) is 140 Å². The minimum Gasteiger partial charge on any atom is -0.493 e. The van der Waals surface area contributed by atoms with E-state index in [9.17, 15) is 10.2 Å². The van der Waals surface area contributed by atoms with Crippen LogP contribution in [0, 0.1) is 0 Å². The highest BCUT2D eigenvalue weighted by atomic mass is 16.5. The van der Waals surface area contributed by atoms with Gasteiger partial charge in [0.15, 0.2) is 0 Å². The van der Waals surface area contributed by atoms with E-state index in [1.54, 1.807) is 0 Å². The van der Waals surface area contributed by atoms with Gasteiger partial charge >= 0.3 is 0 Å². The lowest BCUT2D eigenvalue weighted by atomic mass is 9.75. The third-order valence-corrected chi connectivity index (χ3v) is 9.42. The van der Waals surface area contributed by atoms with Crippen molar-refractivity contribution >= 4 is 0 Å². The van der Waals surface area contributed by atoms with Crippen molar-refractivity contribution < 1.29 is 19.7 Å². The molecule has 0 bridgehead atoms. The lowest BCUT2D eigenvalue weighted by Gasteiger charge is -2.38. The molecule has 208 valence electrons. The molecule has 2 unspecified atom stereocenters. The highest BCUT2D eigenvalue weighted by molar-refractivity contribution is 5.55. The predicted molar refractivity (Wildman–Crippen MR) is 154 cm³/mol. The number of benzene rings is 2. The third kappa shape index (κ3) is 4.88. The second-order valence-electron chi connectivity index (χ2n) is 14.5. The van der Waals surface area contributed by atoms with Crippen molar-refractivity contribution in [1.82, 2.24) is 0 Å². The van der Waals surface area contributed by atoms with Gasteiger partial charge in [0, 0.05) is 27.7 Å². The molecule has 2 aromatic rings. The second-order valence-corrected chi connectivity index (χ2v) is 14.5. The largest absolute Gasteiger partial charge is 0.493 e. The summed E-state index contributed by atoms with van der Waals surface area (Å²) in [5.41, 5.74) is 5.03. The van der Waals surface area contributed by atoms with Gasteiger partial charge in [0.1, 0.15) is 17.6 Å². The van der Waals surface area contributed by atoms with Crippen LogP contribution >= 0.6 is 0 Å². The van der Waals surface area contributed by atoms with Crippen LogP contribution in [0.5, 0.6) is 11.5 Å². The molecule has 4 nitrogen and oxygen atoms in total. The van der Waals surface area contributed by atoms with Crippen LogP contribution in [0.15, 0.2) is 24.3 Å². The maximum absolute atomic E-state index is 11.1. The molecule has 2 atom stereocenters. The molecule has 0 aromatic heterocycles. The Kier molecular flexibility index (Phi) is 6.51. The van der Waals surface area contributed by atoms with E-state index >= 15 is 0 Å². The number of ether oxygens (including phenoxy) is 2. The van der Waals surface area contributed by atoms with Crippen LogP contribution in [0.4, 0.5) is 0 Å². The lowest BCUT2D eigenvalue weighted by Crippen LogP contribution is -2.33. The minimum atomic E-state index is -0.985. The summed E-state index contributed by atoms with van der Waals surface area (Å²) in [6.45, 7) is 19.4. The minimum absolute atomic E-state index is 0.00258. The summed E-state index contributed by atoms with van der Waals surface area (Å²) in [6.07, 6.45) is 5.34. The summed E-state index contributed by atoms with van der Waals surface area (Å²) in [7, 11) is 0. The van der Waals surface area contributed by atoms with Crippen LogP contribution < -0.4 is 9.47 Å². The molecule has 0 radical (unpaired) electrons. The molecular weight excluding hydrogens is 472 g/mol. The van der Waals surface area contributed by atoms with Crippen molar-refractivity contribution in [3.63, 3.8) is 0 Å². The Labute approximate surface area is 229 Å². The Balaban J connectivity index is 1.50. The number of hydrogen-bond acceptors (Lipinski definition) is 4. The average Bonchev–Trinajstić information content (AvgIpc) is 3.56. The quantitative estimate of drug-likeness (QED) is 0.410. The van der Waals surface area contributed by atoms with Gasteiger partial charge in [0.2, 0.25) is 0 Å². The summed E-state index contributed by atoms with van der Waals surface area (Å²) in [5.74, 6) is 2.43. The van der Waals surface area contributed by atoms with Crippen LogP contribution in [0.3, 0.4) is 0 Å². The summed E-state index contributed by atoms with van der Waals surface area (Å²) >= 11 is 0. The summed E-state index contributed by atoms with van der Waals surface area (Å²) in [5, 5.41) is 22.2. The Morgan fingerprint density at radius 2 is 1.42 bits per heavy atom. The van der Waals surface area contributed by atoms with E-state index in [-0.39, 0.29) is 22.9 Å². The van der Waals surface area contributed by atoms with Crippen LogP contribution in [0.2, 0.25) is 0 Å². The standard InChI is InChI=1S/C34H48O4/c1-20(2)22-15-27(33(8,9)36)30-28(16-22)34(10-11-34)19-24(38-30)14-21(3)23-17-25-29(26(18-23)32(6,7)35)37-13-12-31(25,4)5/h15-18,20-21,24,35-36H,10-14,19H2,1-9H3. The number of fused-ring (bicyclic) bond motifs is 3. The maximum Gasteiger partial charge on any atom is 0.129 e. The summed E-state index contributed by atoms with van der Waals surface area (Å²) in [6, 6.07) is 8.98. The maximum atomic E-state index is 11.1. The van der Waals surface area contributed by atoms with Crippen molar-refractivity contribution in [2.75, 3.05) is 6.61 Å². The monoisotopic (exact) mass is 520 g/mol. The van der Waals surface area contributed by atoms with Crippen molar-refractivity contribution in [3.8, 4) is 11.5 Å². The molecular formula is C34H48O4. The predicted octanol–water partition coefficient (Wildman–Crippen LogP) is 7.70. The average molecular weight is 521 g/mol. The van der Waals surface area contributed by atoms with Crippen molar-refractivity contribution in [1.29, 1.82) is 0 Å². The van der Waals surface area contributed by atoms with E-state index in [0.29, 0.717) is 12.5 Å². The molecule has 5 rings (SSSR count).